The van der Waals surface area contributed by atoms with Crippen LogP contribution in [0.3, 0.4) is 0 Å². The number of hydrogen-bond donors (Lipinski definition) is 0. The maximum atomic E-state index is 11.8. The Morgan fingerprint density at radius 1 is 1.47 bits per heavy atom. The number of Topliss-reactive ketones (excluding diaryl/α,β-unsaturated/α-hetero) is 1. The van der Waals surface area contributed by atoms with Crippen LogP contribution in [0.4, 0.5) is 0 Å². The third-order valence-corrected chi connectivity index (χ3v) is 2.92. The monoisotopic (exact) mass is 206 g/mol. The van der Waals surface area contributed by atoms with E-state index in [9.17, 15) is 9.59 Å². The Labute approximate surface area is 88.0 Å². The molecule has 1 aromatic heterocycles. The maximum absolute atomic E-state index is 11.8. The molecule has 1 aliphatic carbocycles. The van der Waals surface area contributed by atoms with Gasteiger partial charge in [-0.25, -0.2) is 9.78 Å². The van der Waals surface area contributed by atoms with Gasteiger partial charge in [0.15, 0.2) is 5.78 Å². The van der Waals surface area contributed by atoms with E-state index in [1.165, 1.54) is 10.8 Å². The number of carbonyl (C=O) groups is 1. The molecule has 1 aromatic rings. The number of aromatic nitrogens is 2. The predicted octanol–water partition coefficient (Wildman–Crippen LogP) is 1.00. The average molecular weight is 206 g/mol. The minimum Gasteiger partial charge on any atom is -0.297 e. The molecular formula is C11H14N2O2. The van der Waals surface area contributed by atoms with Gasteiger partial charge in [-0.15, -0.1) is 0 Å². The Bertz CT molecular complexity index is 405. The molecule has 0 unspecified atom stereocenters. The number of hydrogen-bond acceptors (Lipinski definition) is 3. The van der Waals surface area contributed by atoms with Crippen molar-refractivity contribution in [1.29, 1.82) is 0 Å². The van der Waals surface area contributed by atoms with Crippen LogP contribution in [0.25, 0.3) is 0 Å². The Kier molecular flexibility index (Phi) is 2.94. The zero-order valence-electron chi connectivity index (χ0n) is 8.56. The lowest BCUT2D eigenvalue weighted by Crippen LogP contribution is -2.27. The van der Waals surface area contributed by atoms with Gasteiger partial charge in [0.1, 0.15) is 0 Å². The predicted molar refractivity (Wildman–Crippen MR) is 55.5 cm³/mol. The van der Waals surface area contributed by atoms with Gasteiger partial charge in [-0.2, -0.15) is 0 Å². The van der Waals surface area contributed by atoms with Gasteiger partial charge in [-0.05, 0) is 18.9 Å². The van der Waals surface area contributed by atoms with Gasteiger partial charge >= 0.3 is 5.69 Å². The minimum atomic E-state index is -0.344. The first-order valence-electron chi connectivity index (χ1n) is 5.31. The summed E-state index contributed by atoms with van der Waals surface area (Å²) in [5, 5.41) is 0. The number of nitrogens with zero attached hydrogens (tertiary/aromatic N) is 2. The normalized spacial score (nSPS) is 16.8. The van der Waals surface area contributed by atoms with E-state index in [1.54, 1.807) is 12.3 Å². The fourth-order valence-electron chi connectivity index (χ4n) is 2.05. The van der Waals surface area contributed by atoms with Crippen LogP contribution in [-0.2, 0) is 11.3 Å². The third-order valence-electron chi connectivity index (χ3n) is 2.92. The van der Waals surface area contributed by atoms with Crippen molar-refractivity contribution in [3.8, 4) is 0 Å². The molecule has 15 heavy (non-hydrogen) atoms. The van der Waals surface area contributed by atoms with Crippen LogP contribution in [-0.4, -0.2) is 15.3 Å². The van der Waals surface area contributed by atoms with Gasteiger partial charge < -0.3 is 0 Å². The SMILES string of the molecule is O=C(Cn1cccnc1=O)C1CCCC1. The van der Waals surface area contributed by atoms with Crippen LogP contribution in [0.5, 0.6) is 0 Å². The van der Waals surface area contributed by atoms with E-state index in [0.29, 0.717) is 0 Å². The molecule has 0 saturated heterocycles. The van der Waals surface area contributed by atoms with E-state index < -0.39 is 0 Å². The molecule has 2 rings (SSSR count). The number of ketones is 1. The van der Waals surface area contributed by atoms with Crippen LogP contribution in [0.1, 0.15) is 25.7 Å². The van der Waals surface area contributed by atoms with E-state index in [4.69, 9.17) is 0 Å². The average Bonchev–Trinajstić information content (AvgIpc) is 2.74. The van der Waals surface area contributed by atoms with Crippen LogP contribution in [0.15, 0.2) is 23.3 Å². The molecule has 4 nitrogen and oxygen atoms in total. The standard InChI is InChI=1S/C11H14N2O2/c14-10(9-4-1-2-5-9)8-13-7-3-6-12-11(13)15/h3,6-7,9H,1-2,4-5,8H2. The second-order valence-electron chi connectivity index (χ2n) is 3.98. The first kappa shape index (κ1) is 10.1. The second-order valence-corrected chi connectivity index (χ2v) is 3.98. The van der Waals surface area contributed by atoms with E-state index in [2.05, 4.69) is 4.98 Å². The summed E-state index contributed by atoms with van der Waals surface area (Å²) in [6.45, 7) is 0.178. The van der Waals surface area contributed by atoms with Crippen LogP contribution >= 0.6 is 0 Å². The molecule has 1 saturated carbocycles. The zero-order chi connectivity index (χ0) is 10.7. The fourth-order valence-corrected chi connectivity index (χ4v) is 2.05. The molecular weight excluding hydrogens is 192 g/mol. The van der Waals surface area contributed by atoms with Crippen molar-refractivity contribution in [2.75, 3.05) is 0 Å². The first-order valence-corrected chi connectivity index (χ1v) is 5.31. The molecule has 1 heterocycles. The van der Waals surface area contributed by atoms with Crippen LogP contribution < -0.4 is 5.69 Å². The maximum Gasteiger partial charge on any atom is 0.347 e. The molecule has 0 aromatic carbocycles. The van der Waals surface area contributed by atoms with Gasteiger partial charge in [0, 0.05) is 18.3 Å². The second kappa shape index (κ2) is 4.38. The lowest BCUT2D eigenvalue weighted by atomic mass is 10.0. The summed E-state index contributed by atoms with van der Waals surface area (Å²) in [6, 6.07) is 1.67. The van der Waals surface area contributed by atoms with Crippen molar-refractivity contribution in [2.24, 2.45) is 5.92 Å². The highest BCUT2D eigenvalue weighted by Gasteiger charge is 2.22. The van der Waals surface area contributed by atoms with Crippen molar-refractivity contribution in [1.82, 2.24) is 9.55 Å². The van der Waals surface area contributed by atoms with Crippen LogP contribution in [0, 0.1) is 5.92 Å². The fraction of sp³-hybridized carbons (Fsp3) is 0.545. The summed E-state index contributed by atoms with van der Waals surface area (Å²) >= 11 is 0. The summed E-state index contributed by atoms with van der Waals surface area (Å²) in [6.07, 6.45) is 7.29. The lowest BCUT2D eigenvalue weighted by molar-refractivity contribution is -0.123. The quantitative estimate of drug-likeness (QED) is 0.741. The Hall–Kier alpha value is -1.45. The molecule has 0 atom stereocenters. The molecule has 80 valence electrons. The number of carbonyl (C=O) groups excluding carboxylic acids is 1. The molecule has 0 N–H and O–H groups in total. The van der Waals surface area contributed by atoms with Crippen molar-refractivity contribution in [3.63, 3.8) is 0 Å². The van der Waals surface area contributed by atoms with Gasteiger partial charge in [0.25, 0.3) is 0 Å². The molecule has 0 spiro atoms. The molecule has 0 radical (unpaired) electrons. The van der Waals surface area contributed by atoms with Crippen LogP contribution in [0.2, 0.25) is 0 Å². The molecule has 1 aliphatic rings. The Balaban J connectivity index is 2.05. The van der Waals surface area contributed by atoms with Crippen molar-refractivity contribution in [2.45, 2.75) is 32.2 Å². The van der Waals surface area contributed by atoms with E-state index >= 15 is 0 Å². The topological polar surface area (TPSA) is 52.0 Å². The summed E-state index contributed by atoms with van der Waals surface area (Å²) in [4.78, 5) is 26.7. The third kappa shape index (κ3) is 2.32. The van der Waals surface area contributed by atoms with E-state index in [0.717, 1.165) is 25.7 Å². The number of rotatable bonds is 3. The molecule has 0 aliphatic heterocycles. The van der Waals surface area contributed by atoms with Gasteiger partial charge in [-0.3, -0.25) is 9.36 Å². The molecule has 0 amide bonds. The van der Waals surface area contributed by atoms with Crippen molar-refractivity contribution < 1.29 is 4.79 Å². The van der Waals surface area contributed by atoms with Crippen molar-refractivity contribution in [3.05, 3.63) is 28.9 Å². The largest absolute Gasteiger partial charge is 0.347 e. The lowest BCUT2D eigenvalue weighted by Gasteiger charge is -2.08. The van der Waals surface area contributed by atoms with E-state index in [1.807, 2.05) is 0 Å². The minimum absolute atomic E-state index is 0.164. The Morgan fingerprint density at radius 2 is 2.20 bits per heavy atom. The smallest absolute Gasteiger partial charge is 0.297 e. The van der Waals surface area contributed by atoms with Gasteiger partial charge in [0.2, 0.25) is 0 Å². The summed E-state index contributed by atoms with van der Waals surface area (Å²) < 4.78 is 1.38. The summed E-state index contributed by atoms with van der Waals surface area (Å²) in [7, 11) is 0. The summed E-state index contributed by atoms with van der Waals surface area (Å²) in [5.74, 6) is 0.333. The molecule has 0 bridgehead atoms. The Morgan fingerprint density at radius 3 is 2.87 bits per heavy atom. The van der Waals surface area contributed by atoms with E-state index in [-0.39, 0.29) is 23.9 Å². The van der Waals surface area contributed by atoms with Gasteiger partial charge in [0.05, 0.1) is 6.54 Å². The molecule has 4 heteroatoms. The highest BCUT2D eigenvalue weighted by Crippen LogP contribution is 2.25. The van der Waals surface area contributed by atoms with Crippen molar-refractivity contribution >= 4 is 5.78 Å². The highest BCUT2D eigenvalue weighted by atomic mass is 16.2. The molecule has 1 fully saturated rings. The zero-order valence-corrected chi connectivity index (χ0v) is 8.56. The first-order chi connectivity index (χ1) is 7.27. The summed E-state index contributed by atoms with van der Waals surface area (Å²) in [5.41, 5.74) is -0.344. The highest BCUT2D eigenvalue weighted by molar-refractivity contribution is 5.81. The van der Waals surface area contributed by atoms with Gasteiger partial charge in [-0.1, -0.05) is 12.8 Å².